The quantitative estimate of drug-likeness (QED) is 0.582. The van der Waals surface area contributed by atoms with E-state index in [2.05, 4.69) is 5.32 Å². The fourth-order valence-electron chi connectivity index (χ4n) is 2.71. The summed E-state index contributed by atoms with van der Waals surface area (Å²) in [4.78, 5) is 12.5. The summed E-state index contributed by atoms with van der Waals surface area (Å²) in [6, 6.07) is 18.8. The summed E-state index contributed by atoms with van der Waals surface area (Å²) < 4.78 is 37.7. The van der Waals surface area contributed by atoms with Crippen molar-refractivity contribution in [3.05, 3.63) is 84.3 Å². The largest absolute Gasteiger partial charge is 0.497 e. The van der Waals surface area contributed by atoms with E-state index in [9.17, 15) is 13.2 Å². The molecule has 3 rings (SSSR count). The second kappa shape index (κ2) is 9.40. The Morgan fingerprint density at radius 1 is 1.03 bits per heavy atom. The lowest BCUT2D eigenvalue weighted by atomic mass is 10.2. The van der Waals surface area contributed by atoms with Crippen molar-refractivity contribution in [1.82, 2.24) is 9.62 Å². The molecule has 8 heteroatoms. The minimum absolute atomic E-state index is 0.0554. The van der Waals surface area contributed by atoms with E-state index in [1.54, 1.807) is 24.3 Å². The Hall–Kier alpha value is -3.10. The average Bonchev–Trinajstić information content (AvgIpc) is 3.26. The van der Waals surface area contributed by atoms with Crippen molar-refractivity contribution in [2.24, 2.45) is 0 Å². The Balaban J connectivity index is 1.76. The van der Waals surface area contributed by atoms with Crippen LogP contribution in [0.3, 0.4) is 0 Å². The van der Waals surface area contributed by atoms with Gasteiger partial charge >= 0.3 is 0 Å². The second-order valence-corrected chi connectivity index (χ2v) is 8.23. The van der Waals surface area contributed by atoms with Crippen molar-refractivity contribution in [1.29, 1.82) is 0 Å². The molecule has 3 aromatic rings. The van der Waals surface area contributed by atoms with Crippen LogP contribution in [0, 0.1) is 0 Å². The highest BCUT2D eigenvalue weighted by Gasteiger charge is 2.27. The van der Waals surface area contributed by atoms with Gasteiger partial charge in [0.05, 0.1) is 31.4 Å². The fourth-order valence-corrected chi connectivity index (χ4v) is 4.07. The van der Waals surface area contributed by atoms with Crippen molar-refractivity contribution in [2.75, 3.05) is 13.7 Å². The van der Waals surface area contributed by atoms with E-state index in [0.717, 1.165) is 9.87 Å². The van der Waals surface area contributed by atoms with Crippen LogP contribution in [0.25, 0.3) is 0 Å². The van der Waals surface area contributed by atoms with Crippen molar-refractivity contribution in [3.8, 4) is 5.75 Å². The summed E-state index contributed by atoms with van der Waals surface area (Å²) in [6.45, 7) is -0.0706. The molecule has 7 nitrogen and oxygen atoms in total. The van der Waals surface area contributed by atoms with E-state index in [-0.39, 0.29) is 18.0 Å². The fraction of sp³-hybridized carbons (Fsp3) is 0.190. The molecule has 0 spiro atoms. The van der Waals surface area contributed by atoms with Gasteiger partial charge in [0.25, 0.3) is 0 Å². The second-order valence-electron chi connectivity index (χ2n) is 6.29. The standard InChI is InChI=1S/C21H22N2O5S/c1-27-18-9-11-20(12-10-18)29(25,26)23(15-19-8-5-13-28-19)16-21(24)22-14-17-6-3-2-4-7-17/h2-13H,14-16H2,1H3,(H,22,24). The molecule has 0 saturated heterocycles. The molecule has 0 saturated carbocycles. The Morgan fingerprint density at radius 2 is 1.76 bits per heavy atom. The maximum Gasteiger partial charge on any atom is 0.243 e. The maximum atomic E-state index is 13.1. The number of furan rings is 1. The van der Waals surface area contributed by atoms with E-state index in [1.807, 2.05) is 30.3 Å². The molecule has 0 radical (unpaired) electrons. The topological polar surface area (TPSA) is 88.9 Å². The van der Waals surface area contributed by atoms with Crippen LogP contribution >= 0.6 is 0 Å². The highest BCUT2D eigenvalue weighted by atomic mass is 32.2. The van der Waals surface area contributed by atoms with E-state index in [0.29, 0.717) is 18.1 Å². The molecule has 1 heterocycles. The number of methoxy groups -OCH3 is 1. The summed E-state index contributed by atoms with van der Waals surface area (Å²) in [5.74, 6) is 0.581. The zero-order valence-corrected chi connectivity index (χ0v) is 16.8. The first-order valence-corrected chi connectivity index (χ1v) is 10.4. The van der Waals surface area contributed by atoms with Gasteiger partial charge in [-0.05, 0) is 42.0 Å². The van der Waals surface area contributed by atoms with E-state index in [1.165, 1.54) is 25.5 Å². The predicted molar refractivity (Wildman–Crippen MR) is 108 cm³/mol. The van der Waals surface area contributed by atoms with Crippen LogP contribution in [0.15, 0.2) is 82.3 Å². The summed E-state index contributed by atoms with van der Waals surface area (Å²) in [7, 11) is -2.42. The lowest BCUT2D eigenvalue weighted by molar-refractivity contribution is -0.121. The number of sulfonamides is 1. The predicted octanol–water partition coefficient (Wildman–Crippen LogP) is 2.80. The molecule has 0 aliphatic rings. The number of hydrogen-bond donors (Lipinski definition) is 1. The molecule has 0 aliphatic carbocycles. The van der Waals surface area contributed by atoms with Gasteiger partial charge in [0.15, 0.2) is 0 Å². The van der Waals surface area contributed by atoms with Crippen LogP contribution < -0.4 is 10.1 Å². The number of carbonyl (C=O) groups is 1. The third-order valence-corrected chi connectivity index (χ3v) is 6.07. The first-order chi connectivity index (χ1) is 14.0. The molecule has 0 unspecified atom stereocenters. The van der Waals surface area contributed by atoms with Crippen LogP contribution in [0.2, 0.25) is 0 Å². The van der Waals surface area contributed by atoms with Crippen molar-refractivity contribution >= 4 is 15.9 Å². The maximum absolute atomic E-state index is 13.1. The highest BCUT2D eigenvalue weighted by molar-refractivity contribution is 7.89. The molecule has 0 aliphatic heterocycles. The summed E-state index contributed by atoms with van der Waals surface area (Å²) >= 11 is 0. The van der Waals surface area contributed by atoms with Gasteiger partial charge < -0.3 is 14.5 Å². The molecule has 29 heavy (non-hydrogen) atoms. The number of amides is 1. The number of rotatable bonds is 9. The third kappa shape index (κ3) is 5.46. The molecule has 0 fully saturated rings. The number of ether oxygens (including phenoxy) is 1. The van der Waals surface area contributed by atoms with Gasteiger partial charge in [-0.25, -0.2) is 8.42 Å². The molecule has 1 amide bonds. The van der Waals surface area contributed by atoms with Crippen LogP contribution in [-0.4, -0.2) is 32.3 Å². The van der Waals surface area contributed by atoms with Crippen LogP contribution in [0.4, 0.5) is 0 Å². The van der Waals surface area contributed by atoms with E-state index < -0.39 is 15.9 Å². The Morgan fingerprint density at radius 3 is 2.38 bits per heavy atom. The van der Waals surface area contributed by atoms with Gasteiger partial charge in [0, 0.05) is 6.54 Å². The minimum Gasteiger partial charge on any atom is -0.497 e. The molecular weight excluding hydrogens is 392 g/mol. The van der Waals surface area contributed by atoms with Gasteiger partial charge in [-0.2, -0.15) is 4.31 Å². The van der Waals surface area contributed by atoms with Crippen LogP contribution in [0.1, 0.15) is 11.3 Å². The summed E-state index contributed by atoms with van der Waals surface area (Å²) in [5.41, 5.74) is 0.927. The molecule has 152 valence electrons. The molecular formula is C21H22N2O5S. The summed E-state index contributed by atoms with van der Waals surface area (Å²) in [6.07, 6.45) is 1.46. The monoisotopic (exact) mass is 414 g/mol. The third-order valence-electron chi connectivity index (χ3n) is 4.26. The zero-order chi connectivity index (χ0) is 20.7. The van der Waals surface area contributed by atoms with E-state index >= 15 is 0 Å². The number of hydrogen-bond acceptors (Lipinski definition) is 5. The lowest BCUT2D eigenvalue weighted by Crippen LogP contribution is -2.40. The summed E-state index contributed by atoms with van der Waals surface area (Å²) in [5, 5.41) is 2.76. The first kappa shape index (κ1) is 20.6. The first-order valence-electron chi connectivity index (χ1n) is 8.96. The molecule has 0 bridgehead atoms. The Labute approximate surface area is 170 Å². The number of carbonyl (C=O) groups excluding carboxylic acids is 1. The van der Waals surface area contributed by atoms with Gasteiger partial charge in [0.2, 0.25) is 15.9 Å². The highest BCUT2D eigenvalue weighted by Crippen LogP contribution is 2.21. The average molecular weight is 414 g/mol. The van der Waals surface area contributed by atoms with Crippen LogP contribution in [-0.2, 0) is 27.9 Å². The minimum atomic E-state index is -3.92. The Kier molecular flexibility index (Phi) is 6.69. The molecule has 1 aromatic heterocycles. The van der Waals surface area contributed by atoms with Crippen LogP contribution in [0.5, 0.6) is 5.75 Å². The smallest absolute Gasteiger partial charge is 0.243 e. The number of nitrogens with one attached hydrogen (secondary N) is 1. The molecule has 0 atom stereocenters. The zero-order valence-electron chi connectivity index (χ0n) is 15.9. The van der Waals surface area contributed by atoms with Crippen molar-refractivity contribution in [3.63, 3.8) is 0 Å². The van der Waals surface area contributed by atoms with Crippen molar-refractivity contribution in [2.45, 2.75) is 18.0 Å². The lowest BCUT2D eigenvalue weighted by Gasteiger charge is -2.21. The normalized spacial score (nSPS) is 11.4. The SMILES string of the molecule is COc1ccc(S(=O)(=O)N(CC(=O)NCc2ccccc2)Cc2ccco2)cc1. The van der Waals surface area contributed by atoms with Crippen molar-refractivity contribution < 1.29 is 22.4 Å². The van der Waals surface area contributed by atoms with E-state index in [4.69, 9.17) is 9.15 Å². The van der Waals surface area contributed by atoms with Gasteiger partial charge in [-0.1, -0.05) is 30.3 Å². The Bertz CT molecular complexity index is 1020. The number of benzene rings is 2. The van der Waals surface area contributed by atoms with Gasteiger partial charge in [-0.3, -0.25) is 4.79 Å². The number of nitrogens with zero attached hydrogens (tertiary/aromatic N) is 1. The molecule has 2 aromatic carbocycles. The van der Waals surface area contributed by atoms with Gasteiger partial charge in [-0.15, -0.1) is 0 Å². The molecule has 1 N–H and O–H groups in total. The van der Waals surface area contributed by atoms with Gasteiger partial charge in [0.1, 0.15) is 11.5 Å².